The molecule has 28 heavy (non-hydrogen) atoms. The maximum absolute atomic E-state index is 9.76. The lowest BCUT2D eigenvalue weighted by Gasteiger charge is -2.21. The Bertz CT molecular complexity index is 298. The van der Waals surface area contributed by atoms with E-state index in [9.17, 15) is 10.2 Å². The van der Waals surface area contributed by atoms with Gasteiger partial charge >= 0.3 is 0 Å². The third kappa shape index (κ3) is 17.9. The average molecular weight is 403 g/mol. The highest BCUT2D eigenvalue weighted by Crippen LogP contribution is 2.16. The zero-order chi connectivity index (χ0) is 20.9. The lowest BCUT2D eigenvalue weighted by atomic mass is 10.0. The van der Waals surface area contributed by atoms with Crippen LogP contribution in [0, 0.1) is 0 Å². The summed E-state index contributed by atoms with van der Waals surface area (Å²) in [4.78, 5) is 0. The van der Waals surface area contributed by atoms with Crippen LogP contribution in [0.2, 0.25) is 0 Å². The Morgan fingerprint density at radius 1 is 0.607 bits per heavy atom. The van der Waals surface area contributed by atoms with Gasteiger partial charge in [0.05, 0.1) is 18.8 Å². The van der Waals surface area contributed by atoms with E-state index in [1.807, 2.05) is 0 Å². The van der Waals surface area contributed by atoms with Gasteiger partial charge in [0.2, 0.25) is 0 Å². The molecule has 4 heteroatoms. The molecule has 4 nitrogen and oxygen atoms in total. The number of aliphatic hydroxyl groups excluding tert-OH is 3. The Morgan fingerprint density at radius 3 is 1.36 bits per heavy atom. The standard InChI is InChI=1S/C24H50O4/c1-3-4-5-6-7-8-9-10-11-12-13-14-15-16-17-18-19-22(28-2)20-23(26)24(27)21-25/h22-27H,3-21H2,1-2H3. The van der Waals surface area contributed by atoms with Gasteiger partial charge in [0.1, 0.15) is 6.10 Å². The Morgan fingerprint density at radius 2 is 1.00 bits per heavy atom. The smallest absolute Gasteiger partial charge is 0.103 e. The van der Waals surface area contributed by atoms with Gasteiger partial charge in [-0.25, -0.2) is 0 Å². The largest absolute Gasteiger partial charge is 0.394 e. The summed E-state index contributed by atoms with van der Waals surface area (Å²) in [6.07, 6.45) is 21.0. The van der Waals surface area contributed by atoms with Crippen molar-refractivity contribution in [2.75, 3.05) is 13.7 Å². The van der Waals surface area contributed by atoms with Gasteiger partial charge in [-0.3, -0.25) is 0 Å². The third-order valence-corrected chi connectivity index (χ3v) is 5.85. The zero-order valence-electron chi connectivity index (χ0n) is 18.9. The molecule has 0 spiro atoms. The van der Waals surface area contributed by atoms with Crippen LogP contribution < -0.4 is 0 Å². The molecule has 0 saturated carbocycles. The molecule has 0 amide bonds. The fourth-order valence-corrected chi connectivity index (χ4v) is 3.80. The summed E-state index contributed by atoms with van der Waals surface area (Å²) >= 11 is 0. The Labute approximate surface area is 175 Å². The van der Waals surface area contributed by atoms with Gasteiger partial charge in [-0.1, -0.05) is 110 Å². The van der Waals surface area contributed by atoms with Gasteiger partial charge in [-0.2, -0.15) is 0 Å². The van der Waals surface area contributed by atoms with Crippen molar-refractivity contribution < 1.29 is 20.1 Å². The van der Waals surface area contributed by atoms with Crippen LogP contribution in [0.5, 0.6) is 0 Å². The summed E-state index contributed by atoms with van der Waals surface area (Å²) in [7, 11) is 1.65. The van der Waals surface area contributed by atoms with Crippen molar-refractivity contribution in [1.29, 1.82) is 0 Å². The summed E-state index contributed by atoms with van der Waals surface area (Å²) in [5, 5.41) is 28.1. The molecule has 0 aliphatic rings. The maximum Gasteiger partial charge on any atom is 0.103 e. The second-order valence-corrected chi connectivity index (χ2v) is 8.50. The van der Waals surface area contributed by atoms with E-state index < -0.39 is 18.8 Å². The minimum atomic E-state index is -1.07. The SMILES string of the molecule is CCCCCCCCCCCCCCCCCCC(CC(O)C(O)CO)OC. The summed E-state index contributed by atoms with van der Waals surface area (Å²) in [6.45, 7) is 1.87. The van der Waals surface area contributed by atoms with Gasteiger partial charge in [-0.05, 0) is 6.42 Å². The second-order valence-electron chi connectivity index (χ2n) is 8.50. The fourth-order valence-electron chi connectivity index (χ4n) is 3.80. The van der Waals surface area contributed by atoms with Gasteiger partial charge in [0.25, 0.3) is 0 Å². The predicted molar refractivity (Wildman–Crippen MR) is 119 cm³/mol. The normalized spacial score (nSPS) is 14.9. The Balaban J connectivity index is 3.32. The number of unbranched alkanes of at least 4 members (excludes halogenated alkanes) is 15. The van der Waals surface area contributed by atoms with Crippen LogP contribution in [0.4, 0.5) is 0 Å². The Hall–Kier alpha value is -0.160. The first-order valence-electron chi connectivity index (χ1n) is 12.2. The summed E-state index contributed by atoms with van der Waals surface area (Å²) < 4.78 is 5.39. The molecule has 3 atom stereocenters. The molecule has 0 heterocycles. The van der Waals surface area contributed by atoms with Crippen molar-refractivity contribution in [3.05, 3.63) is 0 Å². The molecule has 0 fully saturated rings. The first-order chi connectivity index (χ1) is 13.7. The van der Waals surface area contributed by atoms with Crippen LogP contribution in [0.25, 0.3) is 0 Å². The van der Waals surface area contributed by atoms with E-state index in [2.05, 4.69) is 6.92 Å². The van der Waals surface area contributed by atoms with Crippen molar-refractivity contribution >= 4 is 0 Å². The molecule has 3 N–H and O–H groups in total. The van der Waals surface area contributed by atoms with Crippen molar-refractivity contribution in [3.8, 4) is 0 Å². The topological polar surface area (TPSA) is 69.9 Å². The molecular formula is C24H50O4. The molecule has 170 valence electrons. The minimum absolute atomic E-state index is 0.0390. The predicted octanol–water partition coefficient (Wildman–Crippen LogP) is 5.76. The highest BCUT2D eigenvalue weighted by atomic mass is 16.5. The summed E-state index contributed by atoms with van der Waals surface area (Å²) in [6, 6.07) is 0. The maximum atomic E-state index is 9.76. The zero-order valence-corrected chi connectivity index (χ0v) is 18.9. The van der Waals surface area contributed by atoms with E-state index in [1.54, 1.807) is 7.11 Å². The van der Waals surface area contributed by atoms with Crippen LogP contribution in [0.3, 0.4) is 0 Å². The van der Waals surface area contributed by atoms with Crippen LogP contribution in [0.15, 0.2) is 0 Å². The first kappa shape index (κ1) is 27.8. The van der Waals surface area contributed by atoms with Crippen LogP contribution in [-0.4, -0.2) is 47.3 Å². The number of hydrogen-bond acceptors (Lipinski definition) is 4. The van der Waals surface area contributed by atoms with E-state index in [-0.39, 0.29) is 6.10 Å². The van der Waals surface area contributed by atoms with Crippen LogP contribution >= 0.6 is 0 Å². The molecule has 0 rings (SSSR count). The monoisotopic (exact) mass is 402 g/mol. The number of hydrogen-bond donors (Lipinski definition) is 3. The Kier molecular flexibility index (Phi) is 21.4. The summed E-state index contributed by atoms with van der Waals surface area (Å²) in [5.74, 6) is 0. The lowest BCUT2D eigenvalue weighted by Crippen LogP contribution is -2.33. The van der Waals surface area contributed by atoms with Crippen LogP contribution in [0.1, 0.15) is 122 Å². The molecule has 0 radical (unpaired) electrons. The average Bonchev–Trinajstić information content (AvgIpc) is 2.71. The molecule has 0 aromatic rings. The molecule has 3 unspecified atom stereocenters. The number of rotatable bonds is 22. The van der Waals surface area contributed by atoms with E-state index >= 15 is 0 Å². The lowest BCUT2D eigenvalue weighted by molar-refractivity contribution is -0.0448. The first-order valence-corrected chi connectivity index (χ1v) is 12.2. The molecular weight excluding hydrogens is 352 g/mol. The summed E-state index contributed by atoms with van der Waals surface area (Å²) in [5.41, 5.74) is 0. The van der Waals surface area contributed by atoms with E-state index in [1.165, 1.54) is 96.3 Å². The minimum Gasteiger partial charge on any atom is -0.394 e. The van der Waals surface area contributed by atoms with E-state index in [4.69, 9.17) is 9.84 Å². The number of aliphatic hydroxyl groups is 3. The van der Waals surface area contributed by atoms with Gasteiger partial charge < -0.3 is 20.1 Å². The number of ether oxygens (including phenoxy) is 1. The second kappa shape index (κ2) is 21.5. The molecule has 0 saturated heterocycles. The quantitative estimate of drug-likeness (QED) is 0.201. The van der Waals surface area contributed by atoms with E-state index in [0.29, 0.717) is 6.42 Å². The van der Waals surface area contributed by atoms with Crippen molar-refractivity contribution in [2.24, 2.45) is 0 Å². The highest BCUT2D eigenvalue weighted by Gasteiger charge is 2.20. The van der Waals surface area contributed by atoms with Gasteiger partial charge in [0, 0.05) is 13.5 Å². The van der Waals surface area contributed by atoms with Crippen molar-refractivity contribution in [1.82, 2.24) is 0 Å². The van der Waals surface area contributed by atoms with Gasteiger partial charge in [0.15, 0.2) is 0 Å². The van der Waals surface area contributed by atoms with Gasteiger partial charge in [-0.15, -0.1) is 0 Å². The van der Waals surface area contributed by atoms with Crippen molar-refractivity contribution in [2.45, 2.75) is 141 Å². The molecule has 0 aromatic heterocycles. The van der Waals surface area contributed by atoms with Crippen molar-refractivity contribution in [3.63, 3.8) is 0 Å². The molecule has 0 aliphatic heterocycles. The highest BCUT2D eigenvalue weighted by molar-refractivity contribution is 4.71. The van der Waals surface area contributed by atoms with E-state index in [0.717, 1.165) is 12.8 Å². The number of methoxy groups -OCH3 is 1. The van der Waals surface area contributed by atoms with Crippen LogP contribution in [-0.2, 0) is 4.74 Å². The fraction of sp³-hybridized carbons (Fsp3) is 1.00. The molecule has 0 bridgehead atoms. The molecule has 0 aliphatic carbocycles. The third-order valence-electron chi connectivity index (χ3n) is 5.85. The molecule has 0 aromatic carbocycles.